The third-order valence-electron chi connectivity index (χ3n) is 9.63. The number of pyridine rings is 1. The second-order valence-electron chi connectivity index (χ2n) is 12.7. The Kier molecular flexibility index (Phi) is 11.7. The van der Waals surface area contributed by atoms with Crippen molar-refractivity contribution in [2.75, 3.05) is 60.6 Å². The number of likely N-dealkylation sites (tertiary alicyclic amines) is 1. The van der Waals surface area contributed by atoms with Crippen LogP contribution in [0.2, 0.25) is 0 Å². The molecule has 0 radical (unpaired) electrons. The predicted octanol–water partition coefficient (Wildman–Crippen LogP) is 8.28. The van der Waals surface area contributed by atoms with Gasteiger partial charge in [0.15, 0.2) is 23.0 Å². The Morgan fingerprint density at radius 3 is 1.77 bits per heavy atom. The molecule has 1 saturated heterocycles. The molecule has 6 rings (SSSR count). The molecule has 10 heteroatoms. The van der Waals surface area contributed by atoms with Gasteiger partial charge in [-0.2, -0.15) is 0 Å². The quantitative estimate of drug-likeness (QED) is 0.113. The SMILES string of the molecule is COc1cc(-c2cccc(CN3CCC(N(Cc4ccnc(-c5cc(OC)c(OC)c(OC)c5)c4)c4ccc(F)cc4)CC3)c2)cc(OC)c1OC. The lowest BCUT2D eigenvalue weighted by Gasteiger charge is -2.40. The molecule has 0 unspecified atom stereocenters. The van der Waals surface area contributed by atoms with E-state index in [0.717, 1.165) is 66.1 Å². The van der Waals surface area contributed by atoms with Crippen LogP contribution in [-0.4, -0.2) is 71.7 Å². The molecule has 1 fully saturated rings. The Balaban J connectivity index is 1.19. The molecular formula is C42H46FN3O6. The molecule has 0 amide bonds. The lowest BCUT2D eigenvalue weighted by atomic mass is 9.99. The van der Waals surface area contributed by atoms with Gasteiger partial charge in [0.25, 0.3) is 0 Å². The van der Waals surface area contributed by atoms with Gasteiger partial charge in [0.05, 0.1) is 48.4 Å². The number of rotatable bonds is 14. The summed E-state index contributed by atoms with van der Waals surface area (Å²) in [6, 6.07) is 27.6. The summed E-state index contributed by atoms with van der Waals surface area (Å²) in [5.74, 6) is 3.24. The monoisotopic (exact) mass is 707 g/mol. The van der Waals surface area contributed by atoms with E-state index in [1.54, 1.807) is 42.7 Å². The van der Waals surface area contributed by atoms with Gasteiger partial charge >= 0.3 is 0 Å². The summed E-state index contributed by atoms with van der Waals surface area (Å²) in [5, 5.41) is 0. The van der Waals surface area contributed by atoms with Crippen molar-refractivity contribution in [3.8, 4) is 56.9 Å². The smallest absolute Gasteiger partial charge is 0.203 e. The number of anilines is 1. The lowest BCUT2D eigenvalue weighted by molar-refractivity contribution is 0.201. The number of methoxy groups -OCH3 is 6. The third kappa shape index (κ3) is 8.02. The molecule has 1 aromatic heterocycles. The van der Waals surface area contributed by atoms with Crippen LogP contribution in [0.3, 0.4) is 0 Å². The van der Waals surface area contributed by atoms with Crippen molar-refractivity contribution < 1.29 is 32.8 Å². The fraction of sp³-hybridized carbons (Fsp3) is 0.310. The zero-order chi connectivity index (χ0) is 36.6. The number of nitrogens with zero attached hydrogens (tertiary/aromatic N) is 3. The molecule has 0 atom stereocenters. The molecule has 9 nitrogen and oxygen atoms in total. The van der Waals surface area contributed by atoms with E-state index in [4.69, 9.17) is 28.4 Å². The first kappa shape index (κ1) is 36.3. The summed E-state index contributed by atoms with van der Waals surface area (Å²) in [6.07, 6.45) is 3.76. The van der Waals surface area contributed by atoms with Crippen LogP contribution in [0, 0.1) is 5.82 Å². The molecule has 52 heavy (non-hydrogen) atoms. The summed E-state index contributed by atoms with van der Waals surface area (Å²) >= 11 is 0. The van der Waals surface area contributed by atoms with Gasteiger partial charge < -0.3 is 33.3 Å². The topological polar surface area (TPSA) is 74.8 Å². The maximum absolute atomic E-state index is 14.1. The van der Waals surface area contributed by atoms with Crippen molar-refractivity contribution in [3.05, 3.63) is 108 Å². The van der Waals surface area contributed by atoms with Crippen molar-refractivity contribution in [3.63, 3.8) is 0 Å². The van der Waals surface area contributed by atoms with Gasteiger partial charge in [-0.05, 0) is 102 Å². The maximum Gasteiger partial charge on any atom is 0.203 e. The minimum atomic E-state index is -0.249. The highest BCUT2D eigenvalue weighted by Crippen LogP contribution is 2.42. The van der Waals surface area contributed by atoms with Crippen LogP contribution in [0.1, 0.15) is 24.0 Å². The molecule has 0 bridgehead atoms. The highest BCUT2D eigenvalue weighted by Gasteiger charge is 2.26. The van der Waals surface area contributed by atoms with Crippen molar-refractivity contribution in [1.29, 1.82) is 0 Å². The second-order valence-corrected chi connectivity index (χ2v) is 12.7. The first-order chi connectivity index (χ1) is 25.4. The lowest BCUT2D eigenvalue weighted by Crippen LogP contribution is -2.44. The minimum absolute atomic E-state index is 0.249. The number of hydrogen-bond donors (Lipinski definition) is 0. The Hall–Kier alpha value is -5.48. The number of benzene rings is 4. The Bertz CT molecular complexity index is 1910. The van der Waals surface area contributed by atoms with E-state index < -0.39 is 0 Å². The van der Waals surface area contributed by atoms with Gasteiger partial charge in [-0.25, -0.2) is 4.39 Å². The van der Waals surface area contributed by atoms with Crippen LogP contribution in [0.5, 0.6) is 34.5 Å². The molecule has 4 aromatic carbocycles. The van der Waals surface area contributed by atoms with Gasteiger partial charge in [-0.1, -0.05) is 18.2 Å². The number of piperidine rings is 1. The molecular weight excluding hydrogens is 661 g/mol. The van der Waals surface area contributed by atoms with Gasteiger partial charge in [-0.3, -0.25) is 9.88 Å². The average Bonchev–Trinajstić information content (AvgIpc) is 3.19. The number of halogens is 1. The molecule has 0 spiro atoms. The van der Waals surface area contributed by atoms with Crippen molar-refractivity contribution in [2.24, 2.45) is 0 Å². The van der Waals surface area contributed by atoms with Crippen molar-refractivity contribution in [2.45, 2.75) is 32.0 Å². The fourth-order valence-corrected chi connectivity index (χ4v) is 6.96. The standard InChI is InChI=1S/C42H46FN3O6/c1-47-37-22-31(23-38(48-2)41(37)51-5)30-9-7-8-28(20-30)26-45-18-15-35(16-19-45)46(34-12-10-33(43)11-13-34)27-29-14-17-44-36(21-29)32-24-39(49-3)42(52-6)40(25-32)50-4/h7-14,17,20-25,35H,15-16,18-19,26-27H2,1-6H3. The number of aromatic nitrogens is 1. The zero-order valence-electron chi connectivity index (χ0n) is 30.6. The highest BCUT2D eigenvalue weighted by molar-refractivity contribution is 5.72. The van der Waals surface area contributed by atoms with E-state index in [1.165, 1.54) is 17.7 Å². The van der Waals surface area contributed by atoms with E-state index >= 15 is 0 Å². The molecule has 0 saturated carbocycles. The first-order valence-corrected chi connectivity index (χ1v) is 17.3. The van der Waals surface area contributed by atoms with Gasteiger partial charge in [-0.15, -0.1) is 0 Å². The molecule has 5 aromatic rings. The Morgan fingerprint density at radius 1 is 0.635 bits per heavy atom. The molecule has 0 aliphatic carbocycles. The summed E-state index contributed by atoms with van der Waals surface area (Å²) in [6.45, 7) is 3.35. The van der Waals surface area contributed by atoms with Crippen LogP contribution in [0.25, 0.3) is 22.4 Å². The first-order valence-electron chi connectivity index (χ1n) is 17.3. The predicted molar refractivity (Wildman–Crippen MR) is 202 cm³/mol. The van der Waals surface area contributed by atoms with E-state index in [9.17, 15) is 4.39 Å². The summed E-state index contributed by atoms with van der Waals surface area (Å²) in [5.41, 5.74) is 7.04. The van der Waals surface area contributed by atoms with Crippen molar-refractivity contribution >= 4 is 5.69 Å². The molecule has 0 N–H and O–H groups in total. The Morgan fingerprint density at radius 2 is 1.21 bits per heavy atom. The molecule has 1 aliphatic rings. The van der Waals surface area contributed by atoms with Crippen LogP contribution >= 0.6 is 0 Å². The van der Waals surface area contributed by atoms with Crippen LogP contribution < -0.4 is 33.3 Å². The summed E-state index contributed by atoms with van der Waals surface area (Å²) in [4.78, 5) is 9.58. The van der Waals surface area contributed by atoms with E-state index in [-0.39, 0.29) is 11.9 Å². The largest absolute Gasteiger partial charge is 0.493 e. The van der Waals surface area contributed by atoms with Crippen LogP contribution in [-0.2, 0) is 13.1 Å². The van der Waals surface area contributed by atoms with Gasteiger partial charge in [0.1, 0.15) is 5.82 Å². The van der Waals surface area contributed by atoms with Crippen molar-refractivity contribution in [1.82, 2.24) is 9.88 Å². The molecule has 272 valence electrons. The number of hydrogen-bond acceptors (Lipinski definition) is 9. The molecule has 2 heterocycles. The number of ether oxygens (including phenoxy) is 6. The van der Waals surface area contributed by atoms with Crippen LogP contribution in [0.15, 0.2) is 91.1 Å². The maximum atomic E-state index is 14.1. The van der Waals surface area contributed by atoms with Crippen LogP contribution in [0.4, 0.5) is 10.1 Å². The van der Waals surface area contributed by atoms with E-state index in [2.05, 4.69) is 45.1 Å². The normalized spacial score (nSPS) is 13.4. The minimum Gasteiger partial charge on any atom is -0.493 e. The second kappa shape index (κ2) is 16.7. The average molecular weight is 708 g/mol. The highest BCUT2D eigenvalue weighted by atomic mass is 19.1. The zero-order valence-corrected chi connectivity index (χ0v) is 30.6. The molecule has 1 aliphatic heterocycles. The third-order valence-corrected chi connectivity index (χ3v) is 9.63. The van der Waals surface area contributed by atoms with E-state index in [1.807, 2.05) is 48.7 Å². The van der Waals surface area contributed by atoms with Gasteiger partial charge in [0, 0.05) is 49.7 Å². The van der Waals surface area contributed by atoms with E-state index in [0.29, 0.717) is 41.0 Å². The summed E-state index contributed by atoms with van der Waals surface area (Å²) in [7, 11) is 9.66. The van der Waals surface area contributed by atoms with Gasteiger partial charge in [0.2, 0.25) is 11.5 Å². The Labute approximate surface area is 305 Å². The fourth-order valence-electron chi connectivity index (χ4n) is 6.96. The summed E-state index contributed by atoms with van der Waals surface area (Å²) < 4.78 is 47.5.